The lowest BCUT2D eigenvalue weighted by Gasteiger charge is -2.10. The third kappa shape index (κ3) is 4.79. The molecule has 3 N–H and O–H groups in total. The zero-order chi connectivity index (χ0) is 14.4. The van der Waals surface area contributed by atoms with E-state index < -0.39 is 6.03 Å². The smallest absolute Gasteiger partial charge is 0.332 e. The van der Waals surface area contributed by atoms with Crippen molar-refractivity contribution in [3.8, 4) is 0 Å². The van der Waals surface area contributed by atoms with E-state index >= 15 is 0 Å². The molecule has 0 aliphatic heterocycles. The van der Waals surface area contributed by atoms with Gasteiger partial charge in [-0.2, -0.15) is 5.10 Å². The number of amides is 2. The van der Waals surface area contributed by atoms with Gasteiger partial charge in [0.25, 0.3) is 0 Å². The molecule has 1 aromatic carbocycles. The maximum Gasteiger partial charge on any atom is 0.332 e. The average molecular weight is 263 g/mol. The molecule has 0 aliphatic carbocycles. The third-order valence-electron chi connectivity index (χ3n) is 2.51. The number of ether oxygens (including phenoxy) is 1. The van der Waals surface area contributed by atoms with E-state index in [1.54, 1.807) is 0 Å². The Morgan fingerprint density at radius 2 is 2.11 bits per heavy atom. The van der Waals surface area contributed by atoms with Crippen LogP contribution in [0.5, 0.6) is 0 Å². The minimum atomic E-state index is -0.721. The zero-order valence-corrected chi connectivity index (χ0v) is 11.2. The van der Waals surface area contributed by atoms with Crippen molar-refractivity contribution < 1.29 is 14.3 Å². The number of urea groups is 1. The van der Waals surface area contributed by atoms with Gasteiger partial charge in [-0.3, -0.25) is 4.79 Å². The van der Waals surface area contributed by atoms with Gasteiger partial charge in [0.15, 0.2) is 0 Å². The van der Waals surface area contributed by atoms with Crippen LogP contribution in [0.15, 0.2) is 17.2 Å². The van der Waals surface area contributed by atoms with Crippen molar-refractivity contribution in [1.29, 1.82) is 0 Å². The van der Waals surface area contributed by atoms with E-state index in [9.17, 15) is 9.59 Å². The third-order valence-corrected chi connectivity index (χ3v) is 2.51. The first-order valence-electron chi connectivity index (χ1n) is 5.72. The molecule has 0 heterocycles. The Hall–Kier alpha value is -2.37. The fourth-order valence-electron chi connectivity index (χ4n) is 1.59. The summed E-state index contributed by atoms with van der Waals surface area (Å²) in [7, 11) is 0. The highest BCUT2D eigenvalue weighted by molar-refractivity contribution is 5.84. The molecule has 0 saturated carbocycles. The standard InChI is InChI=1S/C13H17N3O3/c1-8-4-11(6-15-16-13(14)18)9(2)12(5-8)7-19-10(3)17/h4-6H,7H2,1-3H3,(H3,14,16,18)/b15-6+. The van der Waals surface area contributed by atoms with Crippen LogP contribution in [0.1, 0.15) is 29.2 Å². The van der Waals surface area contributed by atoms with Crippen LogP contribution in [0.2, 0.25) is 0 Å². The molecule has 0 saturated heterocycles. The summed E-state index contributed by atoms with van der Waals surface area (Å²) in [6.07, 6.45) is 1.50. The first-order valence-corrected chi connectivity index (χ1v) is 5.72. The van der Waals surface area contributed by atoms with E-state index in [1.807, 2.05) is 26.0 Å². The number of primary amides is 1. The number of nitrogens with one attached hydrogen (secondary N) is 1. The van der Waals surface area contributed by atoms with E-state index in [-0.39, 0.29) is 12.6 Å². The fraction of sp³-hybridized carbons (Fsp3) is 0.308. The molecule has 0 radical (unpaired) electrons. The van der Waals surface area contributed by atoms with Gasteiger partial charge in [0.05, 0.1) is 6.21 Å². The van der Waals surface area contributed by atoms with E-state index in [2.05, 4.69) is 10.5 Å². The second kappa shape index (κ2) is 6.53. The Morgan fingerprint density at radius 3 is 2.68 bits per heavy atom. The van der Waals surface area contributed by atoms with Crippen LogP contribution in [0, 0.1) is 13.8 Å². The number of esters is 1. The van der Waals surface area contributed by atoms with Gasteiger partial charge in [-0.15, -0.1) is 0 Å². The van der Waals surface area contributed by atoms with Crippen molar-refractivity contribution in [2.45, 2.75) is 27.4 Å². The number of carbonyl (C=O) groups excluding carboxylic acids is 2. The number of nitrogens with two attached hydrogens (primary N) is 1. The Labute approximate surface area is 111 Å². The molecular weight excluding hydrogens is 246 g/mol. The quantitative estimate of drug-likeness (QED) is 0.488. The number of nitrogens with zero attached hydrogens (tertiary/aromatic N) is 1. The van der Waals surface area contributed by atoms with Gasteiger partial charge >= 0.3 is 12.0 Å². The lowest BCUT2D eigenvalue weighted by Crippen LogP contribution is -2.24. The maximum atomic E-state index is 10.8. The lowest BCUT2D eigenvalue weighted by atomic mass is 10.0. The summed E-state index contributed by atoms with van der Waals surface area (Å²) in [4.78, 5) is 21.4. The number of hydrogen-bond donors (Lipinski definition) is 2. The van der Waals surface area contributed by atoms with Gasteiger partial charge in [0.2, 0.25) is 0 Å². The van der Waals surface area contributed by atoms with Crippen LogP contribution < -0.4 is 11.2 Å². The molecule has 0 aliphatic rings. The van der Waals surface area contributed by atoms with Crippen molar-refractivity contribution >= 4 is 18.2 Å². The van der Waals surface area contributed by atoms with E-state index in [4.69, 9.17) is 10.5 Å². The number of aryl methyl sites for hydroxylation is 1. The lowest BCUT2D eigenvalue weighted by molar-refractivity contribution is -0.142. The van der Waals surface area contributed by atoms with Crippen molar-refractivity contribution in [3.63, 3.8) is 0 Å². The van der Waals surface area contributed by atoms with Gasteiger partial charge in [-0.05, 0) is 30.5 Å². The Morgan fingerprint density at radius 1 is 1.42 bits per heavy atom. The maximum absolute atomic E-state index is 10.8. The molecule has 19 heavy (non-hydrogen) atoms. The Kier molecular flexibility index (Phi) is 5.05. The molecule has 0 spiro atoms. The molecule has 102 valence electrons. The summed E-state index contributed by atoms with van der Waals surface area (Å²) in [5.41, 5.74) is 10.7. The van der Waals surface area contributed by atoms with Crippen LogP contribution in [-0.4, -0.2) is 18.2 Å². The highest BCUT2D eigenvalue weighted by atomic mass is 16.5. The molecular formula is C13H17N3O3. The molecule has 1 aromatic rings. The summed E-state index contributed by atoms with van der Waals surface area (Å²) in [5, 5.41) is 3.72. The summed E-state index contributed by atoms with van der Waals surface area (Å²) in [5.74, 6) is -0.327. The van der Waals surface area contributed by atoms with Gasteiger partial charge in [0, 0.05) is 6.92 Å². The van der Waals surface area contributed by atoms with Crippen LogP contribution in [0.25, 0.3) is 0 Å². The normalized spacial score (nSPS) is 10.5. The van der Waals surface area contributed by atoms with Gasteiger partial charge < -0.3 is 10.5 Å². The van der Waals surface area contributed by atoms with Gasteiger partial charge in [0.1, 0.15) is 6.61 Å². The molecule has 1 rings (SSSR count). The van der Waals surface area contributed by atoms with E-state index in [1.165, 1.54) is 13.1 Å². The largest absolute Gasteiger partial charge is 0.461 e. The van der Waals surface area contributed by atoms with Crippen LogP contribution >= 0.6 is 0 Å². The van der Waals surface area contributed by atoms with E-state index in [0.717, 1.165) is 22.3 Å². The first kappa shape index (κ1) is 14.7. The molecule has 0 bridgehead atoms. The monoisotopic (exact) mass is 263 g/mol. The first-order chi connectivity index (χ1) is 8.90. The highest BCUT2D eigenvalue weighted by Gasteiger charge is 2.06. The average Bonchev–Trinajstić information content (AvgIpc) is 2.30. The summed E-state index contributed by atoms with van der Waals surface area (Å²) >= 11 is 0. The predicted molar refractivity (Wildman–Crippen MR) is 71.7 cm³/mol. The Balaban J connectivity index is 2.95. The number of benzene rings is 1. The summed E-state index contributed by atoms with van der Waals surface area (Å²) in [6.45, 7) is 5.40. The van der Waals surface area contributed by atoms with Gasteiger partial charge in [-0.25, -0.2) is 10.2 Å². The molecule has 2 amide bonds. The minimum Gasteiger partial charge on any atom is -0.461 e. The van der Waals surface area contributed by atoms with Crippen molar-refractivity contribution in [3.05, 3.63) is 34.4 Å². The van der Waals surface area contributed by atoms with Crippen molar-refractivity contribution in [2.75, 3.05) is 0 Å². The van der Waals surface area contributed by atoms with Crippen molar-refractivity contribution in [2.24, 2.45) is 10.8 Å². The molecule has 0 aromatic heterocycles. The minimum absolute atomic E-state index is 0.215. The molecule has 6 heteroatoms. The number of hydrogen-bond acceptors (Lipinski definition) is 4. The van der Waals surface area contributed by atoms with Crippen LogP contribution in [0.4, 0.5) is 4.79 Å². The SMILES string of the molecule is CC(=O)OCc1cc(C)cc(/C=N/NC(N)=O)c1C. The molecule has 0 unspecified atom stereocenters. The van der Waals surface area contributed by atoms with Gasteiger partial charge in [-0.1, -0.05) is 17.7 Å². The zero-order valence-electron chi connectivity index (χ0n) is 11.2. The fourth-order valence-corrected chi connectivity index (χ4v) is 1.59. The van der Waals surface area contributed by atoms with E-state index in [0.29, 0.717) is 0 Å². The van der Waals surface area contributed by atoms with Crippen LogP contribution in [-0.2, 0) is 16.1 Å². The number of hydrazone groups is 1. The Bertz CT molecular complexity index is 524. The summed E-state index contributed by atoms with van der Waals surface area (Å²) in [6, 6.07) is 3.14. The van der Waals surface area contributed by atoms with Crippen LogP contribution in [0.3, 0.4) is 0 Å². The second-order valence-corrected chi connectivity index (χ2v) is 4.15. The topological polar surface area (TPSA) is 93.8 Å². The molecule has 6 nitrogen and oxygen atoms in total. The second-order valence-electron chi connectivity index (χ2n) is 4.15. The molecule has 0 fully saturated rings. The highest BCUT2D eigenvalue weighted by Crippen LogP contribution is 2.16. The number of rotatable bonds is 4. The molecule has 0 atom stereocenters. The number of carbonyl (C=O) groups is 2. The van der Waals surface area contributed by atoms with Crippen molar-refractivity contribution in [1.82, 2.24) is 5.43 Å². The summed E-state index contributed by atoms with van der Waals surface area (Å²) < 4.78 is 4.99. The predicted octanol–water partition coefficient (Wildman–Crippen LogP) is 1.37.